The van der Waals surface area contributed by atoms with Crippen LogP contribution in [-0.2, 0) is 6.42 Å². The van der Waals surface area contributed by atoms with Gasteiger partial charge in [-0.05, 0) is 12.1 Å². The molecule has 2 heterocycles. The van der Waals surface area contributed by atoms with E-state index in [-0.39, 0.29) is 0 Å². The zero-order chi connectivity index (χ0) is 11.2. The molecule has 2 aromatic rings. The average Bonchev–Trinajstić information content (AvgIpc) is 2.30. The number of nitrogens with two attached hydrogens (primary N) is 1. The maximum absolute atomic E-state index is 5.48. The first-order valence-electron chi connectivity index (χ1n) is 4.95. The van der Waals surface area contributed by atoms with Crippen LogP contribution in [0.15, 0.2) is 36.8 Å². The molecule has 0 unspecified atom stereocenters. The minimum atomic E-state index is 0.357. The van der Waals surface area contributed by atoms with Crippen molar-refractivity contribution in [2.75, 3.05) is 12.3 Å². The van der Waals surface area contributed by atoms with Crippen molar-refractivity contribution >= 4 is 5.82 Å². The van der Waals surface area contributed by atoms with Crippen molar-refractivity contribution in [3.8, 4) is 5.88 Å². The quantitative estimate of drug-likeness (QED) is 0.827. The fourth-order valence-corrected chi connectivity index (χ4v) is 1.24. The molecule has 0 radical (unpaired) electrons. The van der Waals surface area contributed by atoms with Gasteiger partial charge in [0.25, 0.3) is 0 Å². The second-order valence-corrected chi connectivity index (χ2v) is 3.20. The fraction of sp³-hybridized carbons (Fsp3) is 0.182. The lowest BCUT2D eigenvalue weighted by atomic mass is 10.3. The smallest absolute Gasteiger partial charge is 0.234 e. The minimum Gasteiger partial charge on any atom is -0.476 e. The molecule has 0 bridgehead atoms. The van der Waals surface area contributed by atoms with Gasteiger partial charge in [-0.25, -0.2) is 0 Å². The molecule has 0 saturated carbocycles. The summed E-state index contributed by atoms with van der Waals surface area (Å²) in [6.07, 6.45) is 5.51. The maximum Gasteiger partial charge on any atom is 0.234 e. The normalized spacial score (nSPS) is 10.0. The van der Waals surface area contributed by atoms with E-state index in [1.807, 2.05) is 18.2 Å². The number of hydrogen-bond acceptors (Lipinski definition) is 5. The molecule has 82 valence electrons. The Balaban J connectivity index is 1.85. The van der Waals surface area contributed by atoms with E-state index >= 15 is 0 Å². The number of nitrogen functional groups attached to an aromatic ring is 1. The number of anilines is 1. The molecule has 5 heteroatoms. The van der Waals surface area contributed by atoms with E-state index in [1.165, 1.54) is 12.4 Å². The minimum absolute atomic E-state index is 0.357. The van der Waals surface area contributed by atoms with E-state index in [4.69, 9.17) is 10.5 Å². The van der Waals surface area contributed by atoms with Gasteiger partial charge < -0.3 is 10.5 Å². The molecular weight excluding hydrogens is 204 g/mol. The van der Waals surface area contributed by atoms with Crippen LogP contribution in [0.5, 0.6) is 5.88 Å². The number of pyridine rings is 1. The van der Waals surface area contributed by atoms with Crippen molar-refractivity contribution in [3.63, 3.8) is 0 Å². The second-order valence-electron chi connectivity index (χ2n) is 3.20. The van der Waals surface area contributed by atoms with Crippen molar-refractivity contribution in [1.82, 2.24) is 15.0 Å². The molecule has 0 amide bonds. The third-order valence-corrected chi connectivity index (χ3v) is 1.97. The van der Waals surface area contributed by atoms with Crippen molar-refractivity contribution in [2.24, 2.45) is 0 Å². The molecule has 0 aliphatic heterocycles. The number of rotatable bonds is 4. The molecule has 0 aliphatic rings. The number of ether oxygens (including phenoxy) is 1. The van der Waals surface area contributed by atoms with E-state index in [1.54, 1.807) is 6.20 Å². The standard InChI is InChI=1S/C11H12N4O/c12-10-7-13-8-11(15-10)16-6-4-9-3-1-2-5-14-9/h1-3,5,7-8H,4,6H2,(H2,12,15). The highest BCUT2D eigenvalue weighted by Crippen LogP contribution is 2.06. The van der Waals surface area contributed by atoms with E-state index in [9.17, 15) is 0 Å². The lowest BCUT2D eigenvalue weighted by Gasteiger charge is -2.04. The Morgan fingerprint density at radius 1 is 1.25 bits per heavy atom. The average molecular weight is 216 g/mol. The van der Waals surface area contributed by atoms with Crippen LogP contribution in [0.2, 0.25) is 0 Å². The topological polar surface area (TPSA) is 73.9 Å². The van der Waals surface area contributed by atoms with Gasteiger partial charge >= 0.3 is 0 Å². The summed E-state index contributed by atoms with van der Waals surface area (Å²) >= 11 is 0. The van der Waals surface area contributed by atoms with Gasteiger partial charge in [0, 0.05) is 18.3 Å². The predicted molar refractivity (Wildman–Crippen MR) is 59.9 cm³/mol. The lowest BCUT2D eigenvalue weighted by Crippen LogP contribution is -2.05. The summed E-state index contributed by atoms with van der Waals surface area (Å²) in [6.45, 7) is 0.509. The summed E-state index contributed by atoms with van der Waals surface area (Å²) in [5.74, 6) is 0.797. The lowest BCUT2D eigenvalue weighted by molar-refractivity contribution is 0.307. The molecule has 0 aliphatic carbocycles. The Hall–Kier alpha value is -2.17. The zero-order valence-corrected chi connectivity index (χ0v) is 8.71. The first-order valence-corrected chi connectivity index (χ1v) is 4.95. The van der Waals surface area contributed by atoms with Crippen molar-refractivity contribution in [3.05, 3.63) is 42.5 Å². The molecule has 0 spiro atoms. The Kier molecular flexibility index (Phi) is 3.28. The fourth-order valence-electron chi connectivity index (χ4n) is 1.24. The number of nitrogens with zero attached hydrogens (tertiary/aromatic N) is 3. The largest absolute Gasteiger partial charge is 0.476 e. The summed E-state index contributed by atoms with van der Waals surface area (Å²) in [4.78, 5) is 12.0. The summed E-state index contributed by atoms with van der Waals surface area (Å²) in [5.41, 5.74) is 6.46. The van der Waals surface area contributed by atoms with E-state index in [0.717, 1.165) is 12.1 Å². The molecule has 5 nitrogen and oxygen atoms in total. The highest BCUT2D eigenvalue weighted by Gasteiger charge is 1.98. The van der Waals surface area contributed by atoms with Gasteiger partial charge in [-0.1, -0.05) is 6.07 Å². The first kappa shape index (κ1) is 10.4. The molecule has 0 saturated heterocycles. The maximum atomic E-state index is 5.48. The van der Waals surface area contributed by atoms with Crippen LogP contribution < -0.4 is 10.5 Å². The highest BCUT2D eigenvalue weighted by molar-refractivity contribution is 5.25. The monoisotopic (exact) mass is 216 g/mol. The SMILES string of the molecule is Nc1cncc(OCCc2ccccn2)n1. The zero-order valence-electron chi connectivity index (χ0n) is 8.71. The highest BCUT2D eigenvalue weighted by atomic mass is 16.5. The Morgan fingerprint density at radius 2 is 2.19 bits per heavy atom. The van der Waals surface area contributed by atoms with Gasteiger partial charge in [0.15, 0.2) is 0 Å². The second kappa shape index (κ2) is 5.06. The van der Waals surface area contributed by atoms with Crippen molar-refractivity contribution in [1.29, 1.82) is 0 Å². The van der Waals surface area contributed by atoms with E-state index < -0.39 is 0 Å². The van der Waals surface area contributed by atoms with Gasteiger partial charge in [0.05, 0.1) is 19.0 Å². The molecule has 0 fully saturated rings. The van der Waals surface area contributed by atoms with Crippen LogP contribution in [-0.4, -0.2) is 21.6 Å². The molecule has 16 heavy (non-hydrogen) atoms. The van der Waals surface area contributed by atoms with E-state index in [2.05, 4.69) is 15.0 Å². The van der Waals surface area contributed by atoms with Gasteiger partial charge in [-0.3, -0.25) is 9.97 Å². The summed E-state index contributed by atoms with van der Waals surface area (Å²) in [6, 6.07) is 5.78. The van der Waals surface area contributed by atoms with Gasteiger partial charge in [-0.15, -0.1) is 0 Å². The van der Waals surface area contributed by atoms with Crippen LogP contribution in [0.3, 0.4) is 0 Å². The predicted octanol–water partition coefficient (Wildman–Crippen LogP) is 1.08. The van der Waals surface area contributed by atoms with Crippen LogP contribution >= 0.6 is 0 Å². The molecular formula is C11H12N4O. The van der Waals surface area contributed by atoms with Gasteiger partial charge in [0.1, 0.15) is 5.82 Å². The Bertz CT molecular complexity index is 447. The van der Waals surface area contributed by atoms with Crippen LogP contribution in [0.25, 0.3) is 0 Å². The molecule has 0 aromatic carbocycles. The van der Waals surface area contributed by atoms with Crippen LogP contribution in [0, 0.1) is 0 Å². The van der Waals surface area contributed by atoms with Crippen molar-refractivity contribution < 1.29 is 4.74 Å². The van der Waals surface area contributed by atoms with E-state index in [0.29, 0.717) is 18.3 Å². The Labute approximate surface area is 93.3 Å². The first-order chi connectivity index (χ1) is 7.84. The van der Waals surface area contributed by atoms with Gasteiger partial charge in [-0.2, -0.15) is 4.98 Å². The van der Waals surface area contributed by atoms with Crippen molar-refractivity contribution in [2.45, 2.75) is 6.42 Å². The molecule has 0 atom stereocenters. The number of aromatic nitrogens is 3. The third-order valence-electron chi connectivity index (χ3n) is 1.97. The third kappa shape index (κ3) is 2.91. The van der Waals surface area contributed by atoms with Crippen LogP contribution in [0.1, 0.15) is 5.69 Å². The summed E-state index contributed by atoms with van der Waals surface area (Å²) in [5, 5.41) is 0. The molecule has 2 rings (SSSR count). The van der Waals surface area contributed by atoms with Gasteiger partial charge in [0.2, 0.25) is 5.88 Å². The molecule has 2 aromatic heterocycles. The Morgan fingerprint density at radius 3 is 2.94 bits per heavy atom. The van der Waals surface area contributed by atoms with Crippen LogP contribution in [0.4, 0.5) is 5.82 Å². The summed E-state index contributed by atoms with van der Waals surface area (Å²) in [7, 11) is 0. The molecule has 2 N–H and O–H groups in total. The number of hydrogen-bond donors (Lipinski definition) is 1. The summed E-state index contributed by atoms with van der Waals surface area (Å²) < 4.78 is 5.40.